The third kappa shape index (κ3) is 4.13. The van der Waals surface area contributed by atoms with Gasteiger partial charge in [0, 0.05) is 13.1 Å². The number of hydrogen-bond donors (Lipinski definition) is 1. The average Bonchev–Trinajstić information content (AvgIpc) is 2.64. The maximum atomic E-state index is 13.1. The molecular weight excluding hydrogens is 326 g/mol. The van der Waals surface area contributed by atoms with Gasteiger partial charge in [-0.2, -0.15) is 0 Å². The molecule has 6 heteroatoms. The number of benzene rings is 2. The van der Waals surface area contributed by atoms with E-state index in [9.17, 15) is 4.79 Å². The van der Waals surface area contributed by atoms with E-state index < -0.39 is 6.04 Å². The van der Waals surface area contributed by atoms with E-state index in [4.69, 9.17) is 10.6 Å². The number of halogens is 1. The van der Waals surface area contributed by atoms with E-state index in [1.54, 1.807) is 0 Å². The molecule has 2 aromatic carbocycles. The quantitative estimate of drug-likeness (QED) is 0.524. The van der Waals surface area contributed by atoms with Crippen molar-refractivity contribution in [3.63, 3.8) is 0 Å². The van der Waals surface area contributed by atoms with Gasteiger partial charge in [0.15, 0.2) is 0 Å². The maximum absolute atomic E-state index is 13.1. The van der Waals surface area contributed by atoms with Gasteiger partial charge in [0.1, 0.15) is 6.04 Å². The maximum Gasteiger partial charge on any atom is 0.263 e. The number of morpholine rings is 1. The lowest BCUT2D eigenvalue weighted by molar-refractivity contribution is -0.126. The van der Waals surface area contributed by atoms with Crippen LogP contribution in [0.25, 0.3) is 0 Å². The number of hydrazine groups is 1. The Morgan fingerprint density at radius 2 is 1.54 bits per heavy atom. The van der Waals surface area contributed by atoms with E-state index in [1.807, 2.05) is 60.7 Å². The van der Waals surface area contributed by atoms with E-state index >= 15 is 0 Å². The zero-order valence-electron chi connectivity index (χ0n) is 13.4. The average molecular weight is 348 g/mol. The second-order valence-corrected chi connectivity index (χ2v) is 5.51. The Bertz CT molecular complexity index is 633. The van der Waals surface area contributed by atoms with Gasteiger partial charge in [-0.25, -0.2) is 10.9 Å². The van der Waals surface area contributed by atoms with Crippen molar-refractivity contribution in [1.29, 1.82) is 0 Å². The van der Waals surface area contributed by atoms with Crippen LogP contribution in [0.3, 0.4) is 0 Å². The Labute approximate surface area is 148 Å². The summed E-state index contributed by atoms with van der Waals surface area (Å²) in [5.74, 6) is 5.97. The molecule has 0 bridgehead atoms. The predicted molar refractivity (Wildman–Crippen MR) is 96.9 cm³/mol. The van der Waals surface area contributed by atoms with Crippen LogP contribution in [0, 0.1) is 0 Å². The molecule has 0 unspecified atom stereocenters. The number of rotatable bonds is 4. The van der Waals surface area contributed by atoms with Gasteiger partial charge < -0.3 is 4.74 Å². The second-order valence-electron chi connectivity index (χ2n) is 5.51. The fourth-order valence-electron chi connectivity index (χ4n) is 2.83. The van der Waals surface area contributed by atoms with Crippen molar-refractivity contribution in [2.45, 2.75) is 6.04 Å². The number of amides is 1. The topological polar surface area (TPSA) is 58.8 Å². The number of carbonyl (C=O) groups excluding carboxylic acids is 1. The first-order chi connectivity index (χ1) is 11.3. The van der Waals surface area contributed by atoms with Crippen molar-refractivity contribution < 1.29 is 9.53 Å². The lowest BCUT2D eigenvalue weighted by atomic mass is 10.0. The molecule has 0 aromatic heterocycles. The number of nitrogens with zero attached hydrogens (tertiary/aromatic N) is 2. The van der Waals surface area contributed by atoms with E-state index in [1.165, 1.54) is 5.01 Å². The van der Waals surface area contributed by atoms with Crippen LogP contribution in [0.5, 0.6) is 0 Å². The summed E-state index contributed by atoms with van der Waals surface area (Å²) in [7, 11) is 0. The summed E-state index contributed by atoms with van der Waals surface area (Å²) in [5, 5.41) is 1.24. The molecule has 1 saturated heterocycles. The number of para-hydroxylation sites is 1. The fourth-order valence-corrected chi connectivity index (χ4v) is 2.83. The fraction of sp³-hybridized carbons (Fsp3) is 0.278. The lowest BCUT2D eigenvalue weighted by Gasteiger charge is -2.35. The van der Waals surface area contributed by atoms with Crippen molar-refractivity contribution in [3.8, 4) is 0 Å². The molecule has 1 aliphatic heterocycles. The zero-order chi connectivity index (χ0) is 16.1. The normalized spacial score (nSPS) is 16.0. The zero-order valence-corrected chi connectivity index (χ0v) is 14.2. The van der Waals surface area contributed by atoms with Gasteiger partial charge in [-0.15, -0.1) is 12.4 Å². The number of ether oxygens (including phenoxy) is 1. The van der Waals surface area contributed by atoms with Crippen molar-refractivity contribution in [2.24, 2.45) is 5.84 Å². The predicted octanol–water partition coefficient (Wildman–Crippen LogP) is 2.39. The first-order valence-electron chi connectivity index (χ1n) is 7.78. The molecule has 0 saturated carbocycles. The summed E-state index contributed by atoms with van der Waals surface area (Å²) >= 11 is 0. The molecule has 2 aromatic rings. The summed E-state index contributed by atoms with van der Waals surface area (Å²) in [6, 6.07) is 18.7. The van der Waals surface area contributed by atoms with Gasteiger partial charge in [0.05, 0.1) is 18.9 Å². The van der Waals surface area contributed by atoms with Gasteiger partial charge in [-0.3, -0.25) is 9.69 Å². The molecule has 0 aliphatic carbocycles. The third-order valence-electron chi connectivity index (χ3n) is 4.03. The molecule has 3 rings (SSSR count). The first-order valence-corrected chi connectivity index (χ1v) is 7.78. The van der Waals surface area contributed by atoms with E-state index in [0.29, 0.717) is 32.0 Å². The minimum Gasteiger partial charge on any atom is -0.379 e. The minimum atomic E-state index is -0.398. The summed E-state index contributed by atoms with van der Waals surface area (Å²) < 4.78 is 5.41. The highest BCUT2D eigenvalue weighted by atomic mass is 35.5. The van der Waals surface area contributed by atoms with Crippen molar-refractivity contribution in [1.82, 2.24) is 4.90 Å². The van der Waals surface area contributed by atoms with Crippen LogP contribution in [0.4, 0.5) is 5.69 Å². The SMILES string of the molecule is Cl.NN(C(=O)[C@@H](c1ccccc1)N1CCOCC1)c1ccccc1. The number of anilines is 1. The van der Waals surface area contributed by atoms with E-state index in [-0.39, 0.29) is 18.3 Å². The lowest BCUT2D eigenvalue weighted by Crippen LogP contribution is -2.49. The number of nitrogens with two attached hydrogens (primary N) is 1. The molecular formula is C18H22ClN3O2. The van der Waals surface area contributed by atoms with Crippen LogP contribution in [-0.2, 0) is 9.53 Å². The van der Waals surface area contributed by atoms with Crippen molar-refractivity contribution >= 4 is 24.0 Å². The van der Waals surface area contributed by atoms with Gasteiger partial charge in [-0.05, 0) is 17.7 Å². The van der Waals surface area contributed by atoms with Crippen molar-refractivity contribution in [3.05, 3.63) is 66.2 Å². The smallest absolute Gasteiger partial charge is 0.263 e. The molecule has 5 nitrogen and oxygen atoms in total. The Hall–Kier alpha value is -1.92. The molecule has 1 aliphatic rings. The third-order valence-corrected chi connectivity index (χ3v) is 4.03. The number of carbonyl (C=O) groups is 1. The highest BCUT2D eigenvalue weighted by molar-refractivity contribution is 5.96. The van der Waals surface area contributed by atoms with Gasteiger partial charge in [-0.1, -0.05) is 48.5 Å². The van der Waals surface area contributed by atoms with Crippen LogP contribution in [0.15, 0.2) is 60.7 Å². The first kappa shape index (κ1) is 18.4. The highest BCUT2D eigenvalue weighted by Crippen LogP contribution is 2.25. The number of hydrogen-bond acceptors (Lipinski definition) is 4. The molecule has 1 fully saturated rings. The molecule has 2 N–H and O–H groups in total. The van der Waals surface area contributed by atoms with Gasteiger partial charge in [0.25, 0.3) is 5.91 Å². The van der Waals surface area contributed by atoms with Gasteiger partial charge in [0.2, 0.25) is 0 Å². The van der Waals surface area contributed by atoms with Crippen LogP contribution >= 0.6 is 12.4 Å². The standard InChI is InChI=1S/C18H21N3O2.ClH/c19-21(16-9-5-2-6-10-16)18(22)17(15-7-3-1-4-8-15)20-11-13-23-14-12-20;/h1-10,17H,11-14,19H2;1H/t17-;/m1./s1. The molecule has 0 spiro atoms. The summed E-state index contributed by atoms with van der Waals surface area (Å²) in [4.78, 5) is 15.2. The van der Waals surface area contributed by atoms with Crippen LogP contribution in [0.2, 0.25) is 0 Å². The summed E-state index contributed by atoms with van der Waals surface area (Å²) in [6.45, 7) is 2.70. The Kier molecular flexibility index (Phi) is 6.75. The molecule has 1 amide bonds. The highest BCUT2D eigenvalue weighted by Gasteiger charge is 2.31. The van der Waals surface area contributed by atoms with Crippen LogP contribution < -0.4 is 10.9 Å². The second kappa shape index (κ2) is 8.80. The monoisotopic (exact) mass is 347 g/mol. The summed E-state index contributed by atoms with van der Waals surface area (Å²) in [6.07, 6.45) is 0. The van der Waals surface area contributed by atoms with Crippen LogP contribution in [0.1, 0.15) is 11.6 Å². The largest absolute Gasteiger partial charge is 0.379 e. The van der Waals surface area contributed by atoms with Crippen LogP contribution in [-0.4, -0.2) is 37.1 Å². The molecule has 1 heterocycles. The van der Waals surface area contributed by atoms with Crippen molar-refractivity contribution in [2.75, 3.05) is 31.3 Å². The Balaban J connectivity index is 0.00000208. The Morgan fingerprint density at radius 3 is 2.12 bits per heavy atom. The molecule has 128 valence electrons. The Morgan fingerprint density at radius 1 is 1.00 bits per heavy atom. The van der Waals surface area contributed by atoms with E-state index in [2.05, 4.69) is 4.90 Å². The molecule has 0 radical (unpaired) electrons. The van der Waals surface area contributed by atoms with E-state index in [0.717, 1.165) is 5.56 Å². The minimum absolute atomic E-state index is 0. The molecule has 1 atom stereocenters. The van der Waals surface area contributed by atoms with Gasteiger partial charge >= 0.3 is 0 Å². The molecule has 24 heavy (non-hydrogen) atoms. The summed E-state index contributed by atoms with van der Waals surface area (Å²) in [5.41, 5.74) is 1.64.